The summed E-state index contributed by atoms with van der Waals surface area (Å²) in [5.41, 5.74) is 0.305. The van der Waals surface area contributed by atoms with Crippen LogP contribution in [0.25, 0.3) is 0 Å². The molecule has 0 aliphatic carbocycles. The summed E-state index contributed by atoms with van der Waals surface area (Å²) in [6.07, 6.45) is 0. The molecule has 0 heterocycles. The number of carbonyl (C=O) groups excluding carboxylic acids is 2. The van der Waals surface area contributed by atoms with Crippen molar-refractivity contribution in [2.24, 2.45) is 0 Å². The van der Waals surface area contributed by atoms with E-state index in [0.29, 0.717) is 11.5 Å². The normalized spacial score (nSPS) is 10.0. The van der Waals surface area contributed by atoms with E-state index in [9.17, 15) is 14.7 Å². The van der Waals surface area contributed by atoms with E-state index in [0.717, 1.165) is 0 Å². The Kier molecular flexibility index (Phi) is 4.85. The maximum Gasteiger partial charge on any atom is 0.233 e. The summed E-state index contributed by atoms with van der Waals surface area (Å²) in [5.74, 6) is -0.579. The average Bonchev–Trinajstić information content (AvgIpc) is 2.60. The number of hydrogen-bond acceptors (Lipinski definition) is 6. The lowest BCUT2D eigenvalue weighted by Crippen LogP contribution is -2.14. The monoisotopic (exact) mass is 316 g/mol. The van der Waals surface area contributed by atoms with Crippen molar-refractivity contribution >= 4 is 11.6 Å². The highest BCUT2D eigenvalue weighted by molar-refractivity contribution is 6.49. The Labute approximate surface area is 133 Å². The summed E-state index contributed by atoms with van der Waals surface area (Å²) in [5, 5.41) is 9.55. The molecule has 0 amide bonds. The molecule has 0 fully saturated rings. The van der Waals surface area contributed by atoms with Crippen LogP contribution in [0.1, 0.15) is 20.7 Å². The number of hydrogen-bond donors (Lipinski definition) is 1. The van der Waals surface area contributed by atoms with Gasteiger partial charge < -0.3 is 19.3 Å². The number of phenolic OH excluding ortho intramolecular Hbond substituents is 1. The summed E-state index contributed by atoms with van der Waals surface area (Å²) in [6, 6.07) is 8.45. The summed E-state index contributed by atoms with van der Waals surface area (Å²) < 4.78 is 15.2. The fourth-order valence-electron chi connectivity index (χ4n) is 2.06. The fraction of sp³-hybridized carbons (Fsp3) is 0.176. The first-order valence-corrected chi connectivity index (χ1v) is 6.70. The summed E-state index contributed by atoms with van der Waals surface area (Å²) in [6.45, 7) is 0. The van der Waals surface area contributed by atoms with Gasteiger partial charge >= 0.3 is 0 Å². The third kappa shape index (κ3) is 3.26. The van der Waals surface area contributed by atoms with Crippen LogP contribution >= 0.6 is 0 Å². The van der Waals surface area contributed by atoms with E-state index in [1.807, 2.05) is 0 Å². The average molecular weight is 316 g/mol. The van der Waals surface area contributed by atoms with Crippen LogP contribution in [0.3, 0.4) is 0 Å². The first-order chi connectivity index (χ1) is 11.0. The third-order valence-electron chi connectivity index (χ3n) is 3.29. The topological polar surface area (TPSA) is 82.1 Å². The Morgan fingerprint density at radius 1 is 0.739 bits per heavy atom. The van der Waals surface area contributed by atoms with Gasteiger partial charge in [0, 0.05) is 11.1 Å². The SMILES string of the molecule is COc1cc(C(=O)C(=O)c2ccc(OC)c(OC)c2)ccc1O. The Hall–Kier alpha value is -3.02. The molecule has 2 aromatic rings. The van der Waals surface area contributed by atoms with Crippen molar-refractivity contribution in [3.05, 3.63) is 47.5 Å². The number of methoxy groups -OCH3 is 3. The predicted octanol–water partition coefficient (Wildman–Crippen LogP) is 2.48. The molecule has 23 heavy (non-hydrogen) atoms. The zero-order valence-electron chi connectivity index (χ0n) is 13.0. The molecule has 0 radical (unpaired) electrons. The van der Waals surface area contributed by atoms with Gasteiger partial charge in [0.05, 0.1) is 21.3 Å². The minimum atomic E-state index is -0.712. The third-order valence-corrected chi connectivity index (χ3v) is 3.29. The van der Waals surface area contributed by atoms with Gasteiger partial charge in [0.2, 0.25) is 11.6 Å². The van der Waals surface area contributed by atoms with Gasteiger partial charge in [-0.2, -0.15) is 0 Å². The molecule has 120 valence electrons. The number of Topliss-reactive ketones (excluding diaryl/α,β-unsaturated/α-hetero) is 2. The van der Waals surface area contributed by atoms with Crippen molar-refractivity contribution in [3.63, 3.8) is 0 Å². The molecule has 0 aliphatic rings. The minimum absolute atomic E-state index is 0.109. The predicted molar refractivity (Wildman–Crippen MR) is 82.9 cm³/mol. The highest BCUT2D eigenvalue weighted by Crippen LogP contribution is 2.29. The van der Waals surface area contributed by atoms with Crippen LogP contribution < -0.4 is 14.2 Å². The Morgan fingerprint density at radius 3 is 1.74 bits per heavy atom. The first-order valence-electron chi connectivity index (χ1n) is 6.70. The van der Waals surface area contributed by atoms with Crippen LogP contribution in [0.4, 0.5) is 0 Å². The zero-order valence-corrected chi connectivity index (χ0v) is 13.0. The number of ketones is 2. The van der Waals surface area contributed by atoms with E-state index >= 15 is 0 Å². The second-order valence-electron chi connectivity index (χ2n) is 4.61. The minimum Gasteiger partial charge on any atom is -0.504 e. The Bertz CT molecular complexity index is 751. The van der Waals surface area contributed by atoms with Gasteiger partial charge in [-0.05, 0) is 36.4 Å². The van der Waals surface area contributed by atoms with Gasteiger partial charge in [-0.3, -0.25) is 9.59 Å². The van der Waals surface area contributed by atoms with Crippen molar-refractivity contribution in [3.8, 4) is 23.0 Å². The van der Waals surface area contributed by atoms with E-state index in [1.165, 1.54) is 51.7 Å². The molecule has 6 nitrogen and oxygen atoms in total. The second kappa shape index (κ2) is 6.83. The summed E-state index contributed by atoms with van der Waals surface area (Å²) in [4.78, 5) is 24.7. The van der Waals surface area contributed by atoms with Crippen LogP contribution in [-0.4, -0.2) is 38.0 Å². The van der Waals surface area contributed by atoms with Crippen molar-refractivity contribution < 1.29 is 28.9 Å². The number of carbonyl (C=O) groups is 2. The molecule has 2 aromatic carbocycles. The van der Waals surface area contributed by atoms with Crippen molar-refractivity contribution in [2.75, 3.05) is 21.3 Å². The molecule has 1 N–H and O–H groups in total. The van der Waals surface area contributed by atoms with Crippen LogP contribution in [0.2, 0.25) is 0 Å². The summed E-state index contributed by atoms with van der Waals surface area (Å²) in [7, 11) is 4.28. The van der Waals surface area contributed by atoms with Crippen molar-refractivity contribution in [1.29, 1.82) is 0 Å². The van der Waals surface area contributed by atoms with E-state index < -0.39 is 11.6 Å². The number of benzene rings is 2. The largest absolute Gasteiger partial charge is 0.504 e. The van der Waals surface area contributed by atoms with Gasteiger partial charge in [0.25, 0.3) is 0 Å². The van der Waals surface area contributed by atoms with Gasteiger partial charge in [0.1, 0.15) is 0 Å². The van der Waals surface area contributed by atoms with Gasteiger partial charge in [-0.15, -0.1) is 0 Å². The summed E-state index contributed by atoms with van der Waals surface area (Å²) >= 11 is 0. The van der Waals surface area contributed by atoms with Crippen LogP contribution in [-0.2, 0) is 0 Å². The number of phenols is 1. The van der Waals surface area contributed by atoms with Crippen molar-refractivity contribution in [2.45, 2.75) is 0 Å². The first kappa shape index (κ1) is 16.4. The van der Waals surface area contributed by atoms with E-state index in [2.05, 4.69) is 0 Å². The molecule has 0 aromatic heterocycles. The molecule has 0 saturated carbocycles. The number of aromatic hydroxyl groups is 1. The quantitative estimate of drug-likeness (QED) is 0.651. The lowest BCUT2D eigenvalue weighted by atomic mass is 10.0. The highest BCUT2D eigenvalue weighted by Gasteiger charge is 2.21. The van der Waals surface area contributed by atoms with Gasteiger partial charge in [-0.1, -0.05) is 0 Å². The van der Waals surface area contributed by atoms with Crippen molar-refractivity contribution in [1.82, 2.24) is 0 Å². The Morgan fingerprint density at radius 2 is 1.22 bits per heavy atom. The number of ether oxygens (including phenoxy) is 3. The molecule has 0 spiro atoms. The van der Waals surface area contributed by atoms with E-state index in [1.54, 1.807) is 6.07 Å². The molecule has 0 aliphatic heterocycles. The fourth-order valence-corrected chi connectivity index (χ4v) is 2.06. The zero-order chi connectivity index (χ0) is 17.0. The molecular formula is C17H16O6. The van der Waals surface area contributed by atoms with Gasteiger partial charge in [0.15, 0.2) is 23.0 Å². The molecule has 0 unspecified atom stereocenters. The molecule has 2 rings (SSSR count). The number of rotatable bonds is 6. The highest BCUT2D eigenvalue weighted by atomic mass is 16.5. The second-order valence-corrected chi connectivity index (χ2v) is 4.61. The molecule has 0 saturated heterocycles. The van der Waals surface area contributed by atoms with Gasteiger partial charge in [-0.25, -0.2) is 0 Å². The smallest absolute Gasteiger partial charge is 0.233 e. The standard InChI is InChI=1S/C17H16O6/c1-21-13-7-5-11(9-15(13)23-3)17(20)16(19)10-4-6-12(18)14(8-10)22-2/h4-9,18H,1-3H3. The molecule has 0 atom stereocenters. The van der Waals surface area contributed by atoms with Crippen LogP contribution in [0.5, 0.6) is 23.0 Å². The molecule has 0 bridgehead atoms. The van der Waals surface area contributed by atoms with Crippen LogP contribution in [0.15, 0.2) is 36.4 Å². The lowest BCUT2D eigenvalue weighted by Gasteiger charge is -2.09. The maximum absolute atomic E-state index is 12.3. The Balaban J connectivity index is 2.35. The van der Waals surface area contributed by atoms with Crippen LogP contribution in [0, 0.1) is 0 Å². The lowest BCUT2D eigenvalue weighted by molar-refractivity contribution is 0.0816. The van der Waals surface area contributed by atoms with E-state index in [4.69, 9.17) is 14.2 Å². The molecule has 6 heteroatoms. The van der Waals surface area contributed by atoms with E-state index in [-0.39, 0.29) is 22.6 Å². The maximum atomic E-state index is 12.3. The molecular weight excluding hydrogens is 300 g/mol.